The van der Waals surface area contributed by atoms with Gasteiger partial charge >= 0.3 is 0 Å². The van der Waals surface area contributed by atoms with Crippen molar-refractivity contribution in [1.29, 1.82) is 0 Å². The topological polar surface area (TPSA) is 34.2 Å². The maximum atomic E-state index is 5.46. The first kappa shape index (κ1) is 14.7. The van der Waals surface area contributed by atoms with Crippen molar-refractivity contribution in [3.63, 3.8) is 0 Å². The third kappa shape index (κ3) is 4.11. The summed E-state index contributed by atoms with van der Waals surface area (Å²) in [6, 6.07) is 4.25. The lowest BCUT2D eigenvalue weighted by molar-refractivity contribution is 0.349. The normalized spacial score (nSPS) is 18.2. The van der Waals surface area contributed by atoms with Crippen molar-refractivity contribution in [2.24, 2.45) is 5.92 Å². The molecule has 19 heavy (non-hydrogen) atoms. The molecule has 1 aromatic heterocycles. The van der Waals surface area contributed by atoms with Crippen LogP contribution in [0.25, 0.3) is 0 Å². The van der Waals surface area contributed by atoms with Gasteiger partial charge in [-0.15, -0.1) is 0 Å². The van der Waals surface area contributed by atoms with Crippen LogP contribution in [0.4, 0.5) is 0 Å². The molecule has 0 saturated carbocycles. The molecule has 2 heterocycles. The predicted octanol–water partition coefficient (Wildman–Crippen LogP) is 3.27. The first-order valence-electron chi connectivity index (χ1n) is 7.15. The van der Waals surface area contributed by atoms with Gasteiger partial charge in [0.05, 0.1) is 18.8 Å². The van der Waals surface area contributed by atoms with Crippen molar-refractivity contribution in [2.45, 2.75) is 32.2 Å². The third-order valence-electron chi connectivity index (χ3n) is 3.71. The zero-order valence-electron chi connectivity index (χ0n) is 11.9. The molecule has 3 nitrogen and oxygen atoms in total. The van der Waals surface area contributed by atoms with Crippen LogP contribution in [0.2, 0.25) is 0 Å². The number of nitrogens with one attached hydrogen (secondary N) is 1. The summed E-state index contributed by atoms with van der Waals surface area (Å²) in [5, 5.41) is 3.57. The Morgan fingerprint density at radius 1 is 1.47 bits per heavy atom. The maximum Gasteiger partial charge on any atom is 0.141 e. The standard InChI is InChI=1S/C15H24N2OS/c1-3-16-13(11-12-6-9-19-10-7-12)15-14(18-2)5-4-8-17-15/h4-5,8,12-13,16H,3,6-7,9-11H2,1-2H3. The Labute approximate surface area is 120 Å². The summed E-state index contributed by atoms with van der Waals surface area (Å²) < 4.78 is 5.46. The van der Waals surface area contributed by atoms with Crippen molar-refractivity contribution in [3.05, 3.63) is 24.0 Å². The molecule has 1 aromatic rings. The van der Waals surface area contributed by atoms with E-state index in [1.807, 2.05) is 18.3 Å². The number of methoxy groups -OCH3 is 1. The molecular formula is C15H24N2OS. The predicted molar refractivity (Wildman–Crippen MR) is 81.9 cm³/mol. The molecule has 0 spiro atoms. The largest absolute Gasteiger partial charge is 0.495 e. The Hall–Kier alpha value is -0.740. The molecule has 0 amide bonds. The summed E-state index contributed by atoms with van der Waals surface area (Å²) in [6.45, 7) is 3.12. The van der Waals surface area contributed by atoms with Crippen LogP contribution >= 0.6 is 11.8 Å². The van der Waals surface area contributed by atoms with Crippen LogP contribution in [0.1, 0.15) is 37.9 Å². The van der Waals surface area contributed by atoms with Gasteiger partial charge in [0.15, 0.2) is 0 Å². The molecule has 1 fully saturated rings. The number of nitrogens with zero attached hydrogens (tertiary/aromatic N) is 1. The fraction of sp³-hybridized carbons (Fsp3) is 0.667. The fourth-order valence-electron chi connectivity index (χ4n) is 2.69. The second kappa shape index (κ2) is 7.75. The Balaban J connectivity index is 2.09. The minimum Gasteiger partial charge on any atom is -0.495 e. The first-order chi connectivity index (χ1) is 9.35. The second-order valence-corrected chi connectivity index (χ2v) is 6.22. The monoisotopic (exact) mass is 280 g/mol. The van der Waals surface area contributed by atoms with Gasteiger partial charge in [0.1, 0.15) is 5.75 Å². The smallest absolute Gasteiger partial charge is 0.141 e. The van der Waals surface area contributed by atoms with Crippen molar-refractivity contribution in [2.75, 3.05) is 25.2 Å². The van der Waals surface area contributed by atoms with Gasteiger partial charge in [0, 0.05) is 6.20 Å². The minimum absolute atomic E-state index is 0.314. The number of rotatable bonds is 6. The molecule has 1 saturated heterocycles. The molecular weight excluding hydrogens is 256 g/mol. The molecule has 2 rings (SSSR count). The molecule has 4 heteroatoms. The highest BCUT2D eigenvalue weighted by Gasteiger charge is 2.22. The van der Waals surface area contributed by atoms with Crippen LogP contribution in [0.3, 0.4) is 0 Å². The molecule has 0 aliphatic carbocycles. The molecule has 0 bridgehead atoms. The number of hydrogen-bond donors (Lipinski definition) is 1. The SMILES string of the molecule is CCNC(CC1CCSCC1)c1ncccc1OC. The zero-order valence-corrected chi connectivity index (χ0v) is 12.7. The average Bonchev–Trinajstić information content (AvgIpc) is 2.48. The van der Waals surface area contributed by atoms with Gasteiger partial charge in [0.2, 0.25) is 0 Å². The van der Waals surface area contributed by atoms with E-state index in [9.17, 15) is 0 Å². The zero-order chi connectivity index (χ0) is 13.5. The summed E-state index contributed by atoms with van der Waals surface area (Å²) in [5.41, 5.74) is 1.06. The first-order valence-corrected chi connectivity index (χ1v) is 8.30. The lowest BCUT2D eigenvalue weighted by atomic mass is 9.92. The summed E-state index contributed by atoms with van der Waals surface area (Å²) >= 11 is 2.08. The maximum absolute atomic E-state index is 5.46. The molecule has 1 atom stereocenters. The van der Waals surface area contributed by atoms with Crippen LogP contribution < -0.4 is 10.1 Å². The van der Waals surface area contributed by atoms with Gasteiger partial charge in [-0.25, -0.2) is 0 Å². The highest BCUT2D eigenvalue weighted by Crippen LogP contribution is 2.33. The third-order valence-corrected chi connectivity index (χ3v) is 4.76. The van der Waals surface area contributed by atoms with E-state index in [-0.39, 0.29) is 0 Å². The van der Waals surface area contributed by atoms with E-state index in [2.05, 4.69) is 29.0 Å². The Morgan fingerprint density at radius 2 is 2.26 bits per heavy atom. The molecule has 106 valence electrons. The highest BCUT2D eigenvalue weighted by atomic mass is 32.2. The summed E-state index contributed by atoms with van der Waals surface area (Å²) in [4.78, 5) is 4.54. The minimum atomic E-state index is 0.314. The summed E-state index contributed by atoms with van der Waals surface area (Å²) in [6.07, 6.45) is 5.70. The van der Waals surface area contributed by atoms with Crippen LogP contribution in [-0.4, -0.2) is 30.1 Å². The van der Waals surface area contributed by atoms with E-state index < -0.39 is 0 Å². The molecule has 1 aliphatic heterocycles. The van der Waals surface area contributed by atoms with Gasteiger partial charge < -0.3 is 10.1 Å². The number of hydrogen-bond acceptors (Lipinski definition) is 4. The van der Waals surface area contributed by atoms with Gasteiger partial charge in [-0.3, -0.25) is 4.98 Å². The van der Waals surface area contributed by atoms with E-state index in [1.54, 1.807) is 7.11 Å². The Bertz CT molecular complexity index is 380. The molecule has 1 aliphatic rings. The van der Waals surface area contributed by atoms with Crippen LogP contribution in [0.5, 0.6) is 5.75 Å². The van der Waals surface area contributed by atoms with Crippen molar-refractivity contribution >= 4 is 11.8 Å². The molecule has 1 unspecified atom stereocenters. The van der Waals surface area contributed by atoms with E-state index in [0.717, 1.165) is 23.9 Å². The summed E-state index contributed by atoms with van der Waals surface area (Å²) in [5.74, 6) is 4.33. The Morgan fingerprint density at radius 3 is 2.95 bits per heavy atom. The number of ether oxygens (including phenoxy) is 1. The van der Waals surface area contributed by atoms with Gasteiger partial charge in [-0.1, -0.05) is 6.92 Å². The van der Waals surface area contributed by atoms with Crippen LogP contribution in [0, 0.1) is 5.92 Å². The lowest BCUT2D eigenvalue weighted by Crippen LogP contribution is -2.26. The molecule has 1 N–H and O–H groups in total. The van der Waals surface area contributed by atoms with Crippen molar-refractivity contribution < 1.29 is 4.74 Å². The van der Waals surface area contributed by atoms with E-state index in [4.69, 9.17) is 4.74 Å². The van der Waals surface area contributed by atoms with Gasteiger partial charge in [0.25, 0.3) is 0 Å². The quantitative estimate of drug-likeness (QED) is 0.867. The van der Waals surface area contributed by atoms with Crippen molar-refractivity contribution in [3.8, 4) is 5.75 Å². The van der Waals surface area contributed by atoms with E-state index in [0.29, 0.717) is 6.04 Å². The average molecular weight is 280 g/mol. The van der Waals surface area contributed by atoms with E-state index in [1.165, 1.54) is 30.8 Å². The van der Waals surface area contributed by atoms with Gasteiger partial charge in [-0.2, -0.15) is 11.8 Å². The fourth-order valence-corrected chi connectivity index (χ4v) is 3.89. The van der Waals surface area contributed by atoms with Crippen molar-refractivity contribution in [1.82, 2.24) is 10.3 Å². The molecule has 0 aromatic carbocycles. The summed E-state index contributed by atoms with van der Waals surface area (Å²) in [7, 11) is 1.72. The Kier molecular flexibility index (Phi) is 5.98. The second-order valence-electron chi connectivity index (χ2n) is 4.99. The number of thioether (sulfide) groups is 1. The van der Waals surface area contributed by atoms with Crippen LogP contribution in [-0.2, 0) is 0 Å². The van der Waals surface area contributed by atoms with Gasteiger partial charge in [-0.05, 0) is 55.4 Å². The number of pyridine rings is 1. The van der Waals surface area contributed by atoms with E-state index >= 15 is 0 Å². The lowest BCUT2D eigenvalue weighted by Gasteiger charge is -2.27. The molecule has 0 radical (unpaired) electrons. The van der Waals surface area contributed by atoms with Crippen LogP contribution in [0.15, 0.2) is 18.3 Å². The number of aromatic nitrogens is 1. The highest BCUT2D eigenvalue weighted by molar-refractivity contribution is 7.99.